The fraction of sp³-hybridized carbons (Fsp3) is 0.385. The molecule has 0 saturated heterocycles. The Bertz CT molecular complexity index is 801. The minimum absolute atomic E-state index is 0.167. The summed E-state index contributed by atoms with van der Waals surface area (Å²) in [6, 6.07) is 0. The van der Waals surface area contributed by atoms with Crippen molar-refractivity contribution in [2.45, 2.75) is 6.92 Å². The molecule has 0 atom stereocenters. The van der Waals surface area contributed by atoms with Crippen molar-refractivity contribution in [2.75, 3.05) is 26.7 Å². The van der Waals surface area contributed by atoms with E-state index in [1.165, 1.54) is 6.92 Å². The Hall–Kier alpha value is -3.38. The molecule has 0 aromatic carbocycles. The maximum atomic E-state index is 12.2. The lowest BCUT2D eigenvalue weighted by Gasteiger charge is -2.15. The summed E-state index contributed by atoms with van der Waals surface area (Å²) in [5, 5.41) is 44.1. The van der Waals surface area contributed by atoms with Gasteiger partial charge in [-0.05, 0) is 6.92 Å². The van der Waals surface area contributed by atoms with Gasteiger partial charge in [-0.1, -0.05) is 0 Å². The first-order chi connectivity index (χ1) is 14.3. The van der Waals surface area contributed by atoms with Crippen LogP contribution in [0.4, 0.5) is 38.4 Å². The lowest BCUT2D eigenvalue weighted by molar-refractivity contribution is 0.209. The number of hydrogen-bond donors (Lipinski definition) is 8. The maximum Gasteiger partial charge on any atom is 0.482 e. The largest absolute Gasteiger partial charge is 0.482 e. The van der Waals surface area contributed by atoms with Crippen molar-refractivity contribution < 1.29 is 58.8 Å². The molecule has 16 nitrogen and oxygen atoms in total. The van der Waals surface area contributed by atoms with Crippen LogP contribution in [0.15, 0.2) is 0 Å². The van der Waals surface area contributed by atoms with E-state index in [4.69, 9.17) is 10.2 Å². The molecule has 0 rings (SSSR count). The number of carbonyl (C=O) groups is 8. The highest BCUT2D eigenvalue weighted by atomic mass is 31.2. The lowest BCUT2D eigenvalue weighted by atomic mass is 10.6. The molecule has 0 aliphatic heterocycles. The lowest BCUT2D eigenvalue weighted by Crippen LogP contribution is -2.43. The fourth-order valence-electron chi connectivity index (χ4n) is 2.06. The average Bonchev–Trinajstić information content (AvgIpc) is 2.64. The zero-order chi connectivity index (χ0) is 24.6. The Morgan fingerprint density at radius 3 is 1.13 bits per heavy atom. The van der Waals surface area contributed by atoms with E-state index in [1.54, 1.807) is 5.32 Å². The van der Waals surface area contributed by atoms with Crippen molar-refractivity contribution in [2.24, 2.45) is 0 Å². The van der Waals surface area contributed by atoms with Gasteiger partial charge in [0.05, 0.1) is 0 Å². The third kappa shape index (κ3) is 5.03. The molecule has 0 aliphatic carbocycles. The average molecular weight is 486 g/mol. The van der Waals surface area contributed by atoms with Crippen molar-refractivity contribution in [1.29, 1.82) is 0 Å². The van der Waals surface area contributed by atoms with Crippen LogP contribution in [0.25, 0.3) is 0 Å². The topological polar surface area (TPSA) is 266 Å². The van der Waals surface area contributed by atoms with E-state index in [0.717, 1.165) is 7.05 Å². The maximum absolute atomic E-state index is 12.2. The summed E-state index contributed by atoms with van der Waals surface area (Å²) < 4.78 is 0. The highest BCUT2D eigenvalue weighted by Gasteiger charge is 2.73. The Balaban J connectivity index is 5.50. The zero-order valence-electron chi connectivity index (χ0n) is 16.1. The van der Waals surface area contributed by atoms with Gasteiger partial charge in [0.1, 0.15) is 0 Å². The molecule has 0 saturated carbocycles. The highest BCUT2D eigenvalue weighted by Crippen LogP contribution is 2.62. The molecule has 0 unspecified atom stereocenters. The van der Waals surface area contributed by atoms with E-state index in [9.17, 15) is 48.6 Å². The molecule has 0 aliphatic rings. The Morgan fingerprint density at radius 2 is 0.871 bits per heavy atom. The van der Waals surface area contributed by atoms with Crippen LogP contribution in [-0.2, 0) is 0 Å². The number of rotatable bonds is 12. The van der Waals surface area contributed by atoms with Gasteiger partial charge in [-0.25, -0.2) is 38.4 Å². The van der Waals surface area contributed by atoms with Gasteiger partial charge in [0.25, 0.3) is 0 Å². The van der Waals surface area contributed by atoms with Gasteiger partial charge in [-0.3, -0.25) is 0 Å². The van der Waals surface area contributed by atoms with Gasteiger partial charge in [0.15, 0.2) is 0 Å². The van der Waals surface area contributed by atoms with Crippen LogP contribution in [0.1, 0.15) is 6.92 Å². The summed E-state index contributed by atoms with van der Waals surface area (Å²) in [7, 11) is -9.10. The van der Waals surface area contributed by atoms with E-state index < -0.39 is 73.0 Å². The van der Waals surface area contributed by atoms with Crippen LogP contribution < -0.4 is 21.3 Å². The summed E-state index contributed by atoms with van der Waals surface area (Å²) in [4.78, 5) is 93.8. The molecule has 0 radical (unpaired) electrons. The molecule has 8 N–H and O–H groups in total. The Kier molecular flexibility index (Phi) is 9.92. The first kappa shape index (κ1) is 27.6. The second kappa shape index (κ2) is 11.1. The molecule has 4 amide bonds. The SMILES string of the molecule is CCNC(=O)[P+](C(=O)O)(C(=O)O)C(=O)NCCNC(=O)[P+](C(=O)O)(C(=O)O)C(=O)NC. The summed E-state index contributed by atoms with van der Waals surface area (Å²) in [6.07, 6.45) is 0. The molecule has 0 spiro atoms. The number of amides is 4. The summed E-state index contributed by atoms with van der Waals surface area (Å²) in [5.41, 5.74) is -15.2. The summed E-state index contributed by atoms with van der Waals surface area (Å²) in [5.74, 6) is 0. The normalized spacial score (nSPS) is 10.9. The van der Waals surface area contributed by atoms with Gasteiger partial charge in [0.2, 0.25) is 0 Å². The molecule has 0 fully saturated rings. The van der Waals surface area contributed by atoms with E-state index in [1.807, 2.05) is 16.0 Å². The quantitative estimate of drug-likeness (QED) is 0.146. The van der Waals surface area contributed by atoms with Crippen LogP contribution in [-0.4, -0.2) is 92.5 Å². The zero-order valence-corrected chi connectivity index (χ0v) is 17.9. The highest BCUT2D eigenvalue weighted by molar-refractivity contribution is 8.25. The minimum atomic E-state index is -5.01. The van der Waals surface area contributed by atoms with Crippen LogP contribution >= 0.6 is 14.5 Å². The number of hydrogen-bond acceptors (Lipinski definition) is 8. The van der Waals surface area contributed by atoms with Crippen molar-refractivity contribution in [3.05, 3.63) is 0 Å². The molecular formula is C13H20N4O12P2+2. The predicted octanol–water partition coefficient (Wildman–Crippen LogP) is 2.22. The van der Waals surface area contributed by atoms with Gasteiger partial charge in [-0.2, -0.15) is 0 Å². The molecule has 0 aromatic rings. The molecule has 31 heavy (non-hydrogen) atoms. The van der Waals surface area contributed by atoms with Crippen LogP contribution in [0.2, 0.25) is 0 Å². The fourth-order valence-corrected chi connectivity index (χ4v) is 5.57. The van der Waals surface area contributed by atoms with Crippen LogP contribution in [0, 0.1) is 0 Å². The molecule has 0 heterocycles. The second-order valence-corrected chi connectivity index (χ2v) is 11.2. The van der Waals surface area contributed by atoms with E-state index in [2.05, 4.69) is 0 Å². The van der Waals surface area contributed by atoms with Crippen molar-refractivity contribution in [1.82, 2.24) is 21.3 Å². The monoisotopic (exact) mass is 486 g/mol. The van der Waals surface area contributed by atoms with E-state index in [0.29, 0.717) is 0 Å². The Labute approximate surface area is 174 Å². The van der Waals surface area contributed by atoms with E-state index >= 15 is 0 Å². The number of carboxylic acid groups (broad SMARTS) is 4. The van der Waals surface area contributed by atoms with Crippen molar-refractivity contribution >= 4 is 60.0 Å². The minimum Gasteiger partial charge on any atom is -0.450 e. The predicted molar refractivity (Wildman–Crippen MR) is 106 cm³/mol. The van der Waals surface area contributed by atoms with Gasteiger partial charge >= 0.3 is 60.0 Å². The number of nitrogens with one attached hydrogen (secondary N) is 4. The molecule has 0 bridgehead atoms. The molecule has 172 valence electrons. The van der Waals surface area contributed by atoms with Crippen molar-refractivity contribution in [3.8, 4) is 0 Å². The standard InChI is InChI=1S/C13H18N4O12P2/c1-3-15-7(19)31(12(26)27,13(28)29)9(21)17-5-4-16-8(20)30(10(22)23,11(24)25)6(18)14-2/h3-5H2,1-2H3,(H6-2,14,15,16,17,18,19,20,21,22,23,24,25,26,27,28,29)/p+2. The van der Waals surface area contributed by atoms with Crippen LogP contribution in [0.3, 0.4) is 0 Å². The van der Waals surface area contributed by atoms with Gasteiger partial charge < -0.3 is 41.7 Å². The second-order valence-electron chi connectivity index (χ2n) is 5.33. The molecule has 0 aromatic heterocycles. The first-order valence-corrected chi connectivity index (χ1v) is 11.7. The third-order valence-corrected chi connectivity index (χ3v) is 9.02. The van der Waals surface area contributed by atoms with Crippen LogP contribution in [0.5, 0.6) is 0 Å². The summed E-state index contributed by atoms with van der Waals surface area (Å²) >= 11 is 0. The number of carbonyl (C=O) groups excluding carboxylic acids is 4. The third-order valence-electron chi connectivity index (χ3n) is 3.59. The first-order valence-electron chi connectivity index (χ1n) is 8.08. The molecule has 18 heteroatoms. The molecular weight excluding hydrogens is 466 g/mol. The van der Waals surface area contributed by atoms with Gasteiger partial charge in [-0.15, -0.1) is 0 Å². The summed E-state index contributed by atoms with van der Waals surface area (Å²) in [6.45, 7) is -0.228. The smallest absolute Gasteiger partial charge is 0.450 e. The van der Waals surface area contributed by atoms with Gasteiger partial charge in [0, 0.05) is 26.7 Å². The van der Waals surface area contributed by atoms with Crippen molar-refractivity contribution in [3.63, 3.8) is 0 Å². The van der Waals surface area contributed by atoms with E-state index in [-0.39, 0.29) is 6.54 Å². The Morgan fingerprint density at radius 1 is 0.581 bits per heavy atom.